The summed E-state index contributed by atoms with van der Waals surface area (Å²) in [4.78, 5) is 15.9. The Morgan fingerprint density at radius 3 is 2.67 bits per heavy atom. The van der Waals surface area contributed by atoms with Gasteiger partial charge in [-0.05, 0) is 6.42 Å². The zero-order valence-electron chi connectivity index (χ0n) is 11.2. The molecule has 0 aliphatic carbocycles. The molecule has 0 N–H and O–H groups in total. The van der Waals surface area contributed by atoms with E-state index in [4.69, 9.17) is 14.2 Å². The lowest BCUT2D eigenvalue weighted by Gasteiger charge is -2.14. The Hall–Kier alpha value is -1.78. The highest BCUT2D eigenvalue weighted by Crippen LogP contribution is 2.35. The predicted molar refractivity (Wildman–Crippen MR) is 67.0 cm³/mol. The lowest BCUT2D eigenvalue weighted by Crippen LogP contribution is -2.18. The Labute approximate surface area is 107 Å². The number of hydrogen-bond acceptors (Lipinski definition) is 5. The van der Waals surface area contributed by atoms with Crippen LogP contribution in [0.4, 0.5) is 0 Å². The molecule has 1 heterocycles. The molecule has 18 heavy (non-hydrogen) atoms. The van der Waals surface area contributed by atoms with Gasteiger partial charge in [-0.15, -0.1) is 0 Å². The van der Waals surface area contributed by atoms with Gasteiger partial charge in [0.05, 0.1) is 20.1 Å². The second-order valence-electron chi connectivity index (χ2n) is 3.96. The van der Waals surface area contributed by atoms with Gasteiger partial charge in [-0.3, -0.25) is 4.79 Å². The Kier molecular flexibility index (Phi) is 5.42. The van der Waals surface area contributed by atoms with Crippen LogP contribution in [0.25, 0.3) is 0 Å². The third-order valence-electron chi connectivity index (χ3n) is 2.58. The molecule has 0 fully saturated rings. The Bertz CT molecular complexity index is 384. The van der Waals surface area contributed by atoms with E-state index in [-0.39, 0.29) is 23.5 Å². The maximum atomic E-state index is 11.9. The molecule has 0 spiro atoms. The molecule has 0 bridgehead atoms. The Morgan fingerprint density at radius 1 is 1.39 bits per heavy atom. The van der Waals surface area contributed by atoms with Crippen molar-refractivity contribution in [3.63, 3.8) is 0 Å². The van der Waals surface area contributed by atoms with Gasteiger partial charge in [-0.25, -0.2) is 4.98 Å². The summed E-state index contributed by atoms with van der Waals surface area (Å²) in [6.45, 7) is 3.86. The summed E-state index contributed by atoms with van der Waals surface area (Å²) in [5.41, 5.74) is 0. The van der Waals surface area contributed by atoms with E-state index in [1.54, 1.807) is 6.07 Å². The molecule has 0 aliphatic heterocycles. The van der Waals surface area contributed by atoms with Crippen LogP contribution in [0.2, 0.25) is 0 Å². The lowest BCUT2D eigenvalue weighted by molar-refractivity contribution is -0.138. The van der Waals surface area contributed by atoms with Gasteiger partial charge < -0.3 is 14.2 Å². The molecular formula is C13H19NO4. The first kappa shape index (κ1) is 14.3. The van der Waals surface area contributed by atoms with Gasteiger partial charge in [-0.2, -0.15) is 0 Å². The van der Waals surface area contributed by atoms with Crippen molar-refractivity contribution < 1.29 is 19.0 Å². The second kappa shape index (κ2) is 6.83. The molecule has 0 saturated heterocycles. The number of pyridine rings is 1. The second-order valence-corrected chi connectivity index (χ2v) is 3.96. The van der Waals surface area contributed by atoms with Gasteiger partial charge >= 0.3 is 5.97 Å². The monoisotopic (exact) mass is 253 g/mol. The zero-order chi connectivity index (χ0) is 13.5. The molecule has 0 aliphatic rings. The van der Waals surface area contributed by atoms with Gasteiger partial charge in [0.25, 0.3) is 5.88 Å². The van der Waals surface area contributed by atoms with Crippen LogP contribution in [0.3, 0.4) is 0 Å². The highest BCUT2D eigenvalue weighted by atomic mass is 16.6. The number of carbonyl (C=O) groups excluding carboxylic acids is 1. The van der Waals surface area contributed by atoms with Crippen LogP contribution < -0.4 is 14.2 Å². The van der Waals surface area contributed by atoms with E-state index < -0.39 is 0 Å². The van der Waals surface area contributed by atoms with Gasteiger partial charge in [0.1, 0.15) is 0 Å². The van der Waals surface area contributed by atoms with Crippen LogP contribution >= 0.6 is 0 Å². The Balaban J connectivity index is 2.91. The molecule has 100 valence electrons. The molecule has 0 saturated carbocycles. The number of ether oxygens (including phenoxy) is 3. The summed E-state index contributed by atoms with van der Waals surface area (Å²) < 4.78 is 15.5. The summed E-state index contributed by atoms with van der Waals surface area (Å²) in [6, 6.07) is 1.62. The first-order valence-electron chi connectivity index (χ1n) is 5.92. The summed E-state index contributed by atoms with van der Waals surface area (Å²) >= 11 is 0. The van der Waals surface area contributed by atoms with Crippen LogP contribution in [-0.4, -0.2) is 25.2 Å². The van der Waals surface area contributed by atoms with Crippen LogP contribution in [0.1, 0.15) is 26.7 Å². The third kappa shape index (κ3) is 3.35. The number of methoxy groups -OCH3 is 2. The molecule has 1 aromatic heterocycles. The van der Waals surface area contributed by atoms with E-state index in [1.165, 1.54) is 20.4 Å². The maximum absolute atomic E-state index is 11.9. The van der Waals surface area contributed by atoms with E-state index in [0.29, 0.717) is 5.75 Å². The molecule has 0 aromatic carbocycles. The highest BCUT2D eigenvalue weighted by molar-refractivity contribution is 5.76. The van der Waals surface area contributed by atoms with Crippen molar-refractivity contribution in [2.45, 2.75) is 26.7 Å². The van der Waals surface area contributed by atoms with Crippen LogP contribution in [0.15, 0.2) is 12.3 Å². The van der Waals surface area contributed by atoms with E-state index in [1.807, 2.05) is 13.8 Å². The van der Waals surface area contributed by atoms with Crippen LogP contribution in [0.5, 0.6) is 17.4 Å². The minimum absolute atomic E-state index is 0.162. The van der Waals surface area contributed by atoms with Gasteiger partial charge in [-0.1, -0.05) is 20.3 Å². The van der Waals surface area contributed by atoms with E-state index >= 15 is 0 Å². The number of esters is 1. The Morgan fingerprint density at radius 2 is 2.11 bits per heavy atom. The van der Waals surface area contributed by atoms with Crippen LogP contribution in [0, 0.1) is 5.92 Å². The average molecular weight is 253 g/mol. The van der Waals surface area contributed by atoms with Gasteiger partial charge in [0, 0.05) is 12.3 Å². The normalized spacial score (nSPS) is 11.8. The number of carbonyl (C=O) groups is 1. The van der Waals surface area contributed by atoms with E-state index in [2.05, 4.69) is 4.98 Å². The highest BCUT2D eigenvalue weighted by Gasteiger charge is 2.20. The smallest absolute Gasteiger partial charge is 0.314 e. The van der Waals surface area contributed by atoms with Crippen molar-refractivity contribution in [1.29, 1.82) is 0 Å². The van der Waals surface area contributed by atoms with Crippen molar-refractivity contribution >= 4 is 5.97 Å². The fourth-order valence-electron chi connectivity index (χ4n) is 1.56. The van der Waals surface area contributed by atoms with Crippen molar-refractivity contribution in [1.82, 2.24) is 4.98 Å². The minimum atomic E-state index is -0.304. The van der Waals surface area contributed by atoms with Crippen molar-refractivity contribution in [3.05, 3.63) is 12.3 Å². The first-order valence-corrected chi connectivity index (χ1v) is 5.92. The molecular weight excluding hydrogens is 234 g/mol. The topological polar surface area (TPSA) is 57.7 Å². The van der Waals surface area contributed by atoms with Gasteiger partial charge in [0.15, 0.2) is 5.75 Å². The number of aromatic nitrogens is 1. The van der Waals surface area contributed by atoms with E-state index in [0.717, 1.165) is 12.8 Å². The van der Waals surface area contributed by atoms with E-state index in [9.17, 15) is 4.79 Å². The molecule has 5 heteroatoms. The maximum Gasteiger partial charge on any atom is 0.314 e. The van der Waals surface area contributed by atoms with Crippen molar-refractivity contribution in [2.75, 3.05) is 14.2 Å². The number of hydrogen-bond donors (Lipinski definition) is 0. The molecule has 1 aromatic rings. The standard InChI is InChI=1S/C13H19NO4/c1-5-6-9(2)13(15)18-11-10(16-3)7-8-14-12(11)17-4/h7-9H,5-6H2,1-4H3. The summed E-state index contributed by atoms with van der Waals surface area (Å²) in [5, 5.41) is 0. The quantitative estimate of drug-likeness (QED) is 0.729. The zero-order valence-corrected chi connectivity index (χ0v) is 11.2. The summed E-state index contributed by atoms with van der Waals surface area (Å²) in [5.74, 6) is 0.437. The average Bonchev–Trinajstić information content (AvgIpc) is 2.39. The van der Waals surface area contributed by atoms with Crippen LogP contribution in [-0.2, 0) is 4.79 Å². The fraction of sp³-hybridized carbons (Fsp3) is 0.538. The predicted octanol–water partition coefficient (Wildman–Crippen LogP) is 2.44. The summed E-state index contributed by atoms with van der Waals surface area (Å²) in [7, 11) is 2.97. The SMILES string of the molecule is CCCC(C)C(=O)Oc1c(OC)ccnc1OC. The molecule has 1 unspecified atom stereocenters. The van der Waals surface area contributed by atoms with Crippen molar-refractivity contribution in [3.8, 4) is 17.4 Å². The minimum Gasteiger partial charge on any atom is -0.493 e. The third-order valence-corrected chi connectivity index (χ3v) is 2.58. The largest absolute Gasteiger partial charge is 0.493 e. The van der Waals surface area contributed by atoms with Crippen molar-refractivity contribution in [2.24, 2.45) is 5.92 Å². The number of rotatable bonds is 6. The summed E-state index contributed by atoms with van der Waals surface area (Å²) in [6.07, 6.45) is 3.24. The lowest BCUT2D eigenvalue weighted by atomic mass is 10.1. The molecule has 1 atom stereocenters. The number of nitrogens with zero attached hydrogens (tertiary/aromatic N) is 1. The first-order chi connectivity index (χ1) is 8.63. The molecule has 1 rings (SSSR count). The van der Waals surface area contributed by atoms with Gasteiger partial charge in [0.2, 0.25) is 5.75 Å². The fourth-order valence-corrected chi connectivity index (χ4v) is 1.56. The molecule has 5 nitrogen and oxygen atoms in total. The molecule has 0 amide bonds. The molecule has 0 radical (unpaired) electrons.